The predicted molar refractivity (Wildman–Crippen MR) is 71.5 cm³/mol. The summed E-state index contributed by atoms with van der Waals surface area (Å²) in [5.41, 5.74) is -0.349. The molecule has 1 aliphatic carbocycles. The Morgan fingerprint density at radius 1 is 1.20 bits per heavy atom. The van der Waals surface area contributed by atoms with Gasteiger partial charge >= 0.3 is 0 Å². The standard InChI is InChI=1S/C15H19F2NO2/c16-12-5-4-11(7-13(12)17)18-14-9-20-8-10-3-1-2-6-15(10,14)19/h4-5,7,10,14,18-19H,1-3,6,8-9H2/t10-,14-,15-/m1/s1. The van der Waals surface area contributed by atoms with Gasteiger partial charge in [-0.2, -0.15) is 0 Å². The maximum absolute atomic E-state index is 13.3. The molecular weight excluding hydrogens is 264 g/mol. The number of anilines is 1. The van der Waals surface area contributed by atoms with Crippen molar-refractivity contribution in [3.8, 4) is 0 Å². The highest BCUT2D eigenvalue weighted by atomic mass is 19.2. The molecule has 1 heterocycles. The monoisotopic (exact) mass is 283 g/mol. The fourth-order valence-electron chi connectivity index (χ4n) is 3.37. The van der Waals surface area contributed by atoms with E-state index in [1.54, 1.807) is 0 Å². The number of ether oxygens (including phenoxy) is 1. The highest BCUT2D eigenvalue weighted by molar-refractivity contribution is 5.45. The Balaban J connectivity index is 1.79. The van der Waals surface area contributed by atoms with Crippen LogP contribution in [0.15, 0.2) is 18.2 Å². The molecule has 2 aliphatic rings. The van der Waals surface area contributed by atoms with Crippen LogP contribution < -0.4 is 5.32 Å². The third-order valence-electron chi connectivity index (χ3n) is 4.55. The lowest BCUT2D eigenvalue weighted by Crippen LogP contribution is -2.60. The van der Waals surface area contributed by atoms with Gasteiger partial charge in [0, 0.05) is 17.7 Å². The summed E-state index contributed by atoms with van der Waals surface area (Å²) in [5, 5.41) is 14.0. The minimum Gasteiger partial charge on any atom is -0.387 e. The summed E-state index contributed by atoms with van der Waals surface area (Å²) in [7, 11) is 0. The number of halogens is 2. The molecule has 20 heavy (non-hydrogen) atoms. The maximum Gasteiger partial charge on any atom is 0.160 e. The number of nitrogens with one attached hydrogen (secondary N) is 1. The third kappa shape index (κ3) is 2.40. The lowest BCUT2D eigenvalue weighted by Gasteiger charge is -2.48. The molecule has 0 amide bonds. The van der Waals surface area contributed by atoms with Crippen LogP contribution in [0.4, 0.5) is 14.5 Å². The summed E-state index contributed by atoms with van der Waals surface area (Å²) >= 11 is 0. The molecule has 0 spiro atoms. The topological polar surface area (TPSA) is 41.5 Å². The van der Waals surface area contributed by atoms with E-state index in [0.29, 0.717) is 18.9 Å². The summed E-state index contributed by atoms with van der Waals surface area (Å²) in [4.78, 5) is 0. The fraction of sp³-hybridized carbons (Fsp3) is 0.600. The Hall–Kier alpha value is -1.20. The van der Waals surface area contributed by atoms with Crippen LogP contribution in [0.1, 0.15) is 25.7 Å². The zero-order chi connectivity index (χ0) is 14.2. The molecule has 3 nitrogen and oxygen atoms in total. The van der Waals surface area contributed by atoms with Crippen LogP contribution in [0.5, 0.6) is 0 Å². The number of aliphatic hydroxyl groups is 1. The average molecular weight is 283 g/mol. The van der Waals surface area contributed by atoms with Gasteiger partial charge in [0.1, 0.15) is 0 Å². The molecule has 2 fully saturated rings. The number of hydrogen-bond donors (Lipinski definition) is 2. The van der Waals surface area contributed by atoms with E-state index in [9.17, 15) is 13.9 Å². The van der Waals surface area contributed by atoms with Crippen molar-refractivity contribution in [3.63, 3.8) is 0 Å². The first kappa shape index (κ1) is 13.8. The quantitative estimate of drug-likeness (QED) is 0.877. The second-order valence-corrected chi connectivity index (χ2v) is 5.80. The molecule has 3 atom stereocenters. The lowest BCUT2D eigenvalue weighted by molar-refractivity contribution is -0.139. The largest absolute Gasteiger partial charge is 0.387 e. The van der Waals surface area contributed by atoms with E-state index in [0.717, 1.165) is 37.8 Å². The number of benzene rings is 1. The molecule has 1 saturated heterocycles. The zero-order valence-electron chi connectivity index (χ0n) is 11.2. The molecule has 1 aromatic carbocycles. The molecule has 0 aromatic heterocycles. The average Bonchev–Trinajstić information content (AvgIpc) is 2.43. The Kier molecular flexibility index (Phi) is 3.65. The van der Waals surface area contributed by atoms with Crippen molar-refractivity contribution in [1.29, 1.82) is 0 Å². The first-order valence-electron chi connectivity index (χ1n) is 7.11. The molecule has 0 radical (unpaired) electrons. The molecular formula is C15H19F2NO2. The van der Waals surface area contributed by atoms with Crippen molar-refractivity contribution in [2.45, 2.75) is 37.3 Å². The van der Waals surface area contributed by atoms with Gasteiger partial charge in [0.15, 0.2) is 11.6 Å². The molecule has 3 rings (SSSR count). The van der Waals surface area contributed by atoms with Crippen molar-refractivity contribution in [1.82, 2.24) is 0 Å². The Bertz CT molecular complexity index is 495. The van der Waals surface area contributed by atoms with Crippen LogP contribution in [0, 0.1) is 17.6 Å². The van der Waals surface area contributed by atoms with Crippen molar-refractivity contribution in [3.05, 3.63) is 29.8 Å². The summed E-state index contributed by atoms with van der Waals surface area (Å²) in [6, 6.07) is 3.40. The van der Waals surface area contributed by atoms with Gasteiger partial charge in [-0.25, -0.2) is 8.78 Å². The van der Waals surface area contributed by atoms with Crippen LogP contribution in [0.25, 0.3) is 0 Å². The van der Waals surface area contributed by atoms with Crippen molar-refractivity contribution >= 4 is 5.69 Å². The van der Waals surface area contributed by atoms with E-state index >= 15 is 0 Å². The first-order valence-corrected chi connectivity index (χ1v) is 7.11. The maximum atomic E-state index is 13.3. The van der Waals surface area contributed by atoms with Gasteiger partial charge in [0.05, 0.1) is 24.9 Å². The van der Waals surface area contributed by atoms with Gasteiger partial charge in [-0.1, -0.05) is 12.8 Å². The van der Waals surface area contributed by atoms with Gasteiger partial charge < -0.3 is 15.2 Å². The van der Waals surface area contributed by atoms with Gasteiger partial charge in [-0.3, -0.25) is 0 Å². The SMILES string of the molecule is O[C@]12CCCC[C@@H]1COC[C@H]2Nc1ccc(F)c(F)c1. The second kappa shape index (κ2) is 5.30. The van der Waals surface area contributed by atoms with Crippen LogP contribution in [0.3, 0.4) is 0 Å². The molecule has 0 bridgehead atoms. The van der Waals surface area contributed by atoms with Crippen LogP contribution in [0.2, 0.25) is 0 Å². The number of rotatable bonds is 2. The number of fused-ring (bicyclic) bond motifs is 1. The van der Waals surface area contributed by atoms with Crippen LogP contribution >= 0.6 is 0 Å². The Morgan fingerprint density at radius 3 is 2.85 bits per heavy atom. The van der Waals surface area contributed by atoms with Gasteiger partial charge in [0.2, 0.25) is 0 Å². The molecule has 1 saturated carbocycles. The Morgan fingerprint density at radius 2 is 2.05 bits per heavy atom. The van der Waals surface area contributed by atoms with Crippen LogP contribution in [-0.2, 0) is 4.74 Å². The van der Waals surface area contributed by atoms with E-state index in [2.05, 4.69) is 5.32 Å². The zero-order valence-corrected chi connectivity index (χ0v) is 11.2. The first-order chi connectivity index (χ1) is 9.59. The molecule has 1 aliphatic heterocycles. The third-order valence-corrected chi connectivity index (χ3v) is 4.55. The van der Waals surface area contributed by atoms with Crippen LogP contribution in [-0.4, -0.2) is 30.0 Å². The van der Waals surface area contributed by atoms with Crippen molar-refractivity contribution < 1.29 is 18.6 Å². The minimum absolute atomic E-state index is 0.118. The second-order valence-electron chi connectivity index (χ2n) is 5.80. The van der Waals surface area contributed by atoms with E-state index in [-0.39, 0.29) is 12.0 Å². The van der Waals surface area contributed by atoms with Crippen molar-refractivity contribution in [2.24, 2.45) is 5.92 Å². The highest BCUT2D eigenvalue weighted by Gasteiger charge is 2.48. The summed E-state index contributed by atoms with van der Waals surface area (Å²) in [5.74, 6) is -1.64. The smallest absolute Gasteiger partial charge is 0.160 e. The molecule has 2 N–H and O–H groups in total. The number of hydrogen-bond acceptors (Lipinski definition) is 3. The fourth-order valence-corrected chi connectivity index (χ4v) is 3.37. The summed E-state index contributed by atoms with van der Waals surface area (Å²) in [6.07, 6.45) is 3.77. The van der Waals surface area contributed by atoms with E-state index < -0.39 is 17.2 Å². The summed E-state index contributed by atoms with van der Waals surface area (Å²) in [6.45, 7) is 0.957. The lowest BCUT2D eigenvalue weighted by atomic mass is 9.70. The molecule has 0 unspecified atom stereocenters. The molecule has 110 valence electrons. The minimum atomic E-state index is -0.890. The molecule has 1 aromatic rings. The normalized spacial score (nSPS) is 33.5. The van der Waals surface area contributed by atoms with E-state index in [4.69, 9.17) is 4.74 Å². The predicted octanol–water partition coefficient (Wildman–Crippen LogP) is 2.70. The van der Waals surface area contributed by atoms with Crippen molar-refractivity contribution in [2.75, 3.05) is 18.5 Å². The van der Waals surface area contributed by atoms with E-state index in [1.807, 2.05) is 0 Å². The molecule has 5 heteroatoms. The summed E-state index contributed by atoms with van der Waals surface area (Å²) < 4.78 is 31.8. The van der Waals surface area contributed by atoms with Gasteiger partial charge in [-0.05, 0) is 25.0 Å². The van der Waals surface area contributed by atoms with Gasteiger partial charge in [0.25, 0.3) is 0 Å². The van der Waals surface area contributed by atoms with Gasteiger partial charge in [-0.15, -0.1) is 0 Å². The van der Waals surface area contributed by atoms with E-state index in [1.165, 1.54) is 6.07 Å². The Labute approximate surface area is 116 Å². The highest BCUT2D eigenvalue weighted by Crippen LogP contribution is 2.40.